The van der Waals surface area contributed by atoms with Crippen molar-refractivity contribution in [3.05, 3.63) is 58.8 Å². The molecular weight excluding hydrogens is 231 g/mol. The molecule has 0 N–H and O–H groups in total. The molecule has 0 saturated carbocycles. The van der Waals surface area contributed by atoms with Gasteiger partial charge in [-0.2, -0.15) is 0 Å². The van der Waals surface area contributed by atoms with E-state index < -0.39 is 0 Å². The van der Waals surface area contributed by atoms with Crippen molar-refractivity contribution in [3.63, 3.8) is 0 Å². The first-order chi connectivity index (χ1) is 8.56. The fourth-order valence-electron chi connectivity index (χ4n) is 1.78. The Morgan fingerprint density at radius 3 is 2.61 bits per heavy atom. The molecule has 0 aliphatic carbocycles. The number of pyridine rings is 1. The van der Waals surface area contributed by atoms with Crippen molar-refractivity contribution >= 4 is 13.4 Å². The van der Waals surface area contributed by atoms with Crippen molar-refractivity contribution < 1.29 is 8.78 Å². The van der Waals surface area contributed by atoms with E-state index in [1.807, 2.05) is 6.07 Å². The van der Waals surface area contributed by atoms with Crippen LogP contribution in [0.5, 0.6) is 0 Å². The first-order valence-corrected chi connectivity index (χ1v) is 5.72. The van der Waals surface area contributed by atoms with Crippen molar-refractivity contribution in [3.8, 4) is 0 Å². The number of aromatic nitrogens is 1. The fraction of sp³-hybridized carbons (Fsp3) is 0.214. The van der Waals surface area contributed by atoms with Gasteiger partial charge in [0.05, 0.1) is 0 Å². The molecular formula is C14H12BF2N. The summed E-state index contributed by atoms with van der Waals surface area (Å²) in [5.74, 6) is -0.760. The summed E-state index contributed by atoms with van der Waals surface area (Å²) in [5, 5.41) is 0. The molecule has 0 aliphatic rings. The van der Waals surface area contributed by atoms with E-state index in [9.17, 15) is 8.78 Å². The highest BCUT2D eigenvalue weighted by Crippen LogP contribution is 2.15. The second kappa shape index (κ2) is 5.30. The molecule has 0 amide bonds. The number of halogens is 2. The molecule has 0 bridgehead atoms. The summed E-state index contributed by atoms with van der Waals surface area (Å²) in [6.07, 6.45) is 0.934. The molecule has 0 unspecified atom stereocenters. The molecule has 0 spiro atoms. The van der Waals surface area contributed by atoms with Gasteiger partial charge in [-0.25, -0.2) is 8.78 Å². The minimum atomic E-state index is -0.382. The smallest absolute Gasteiger partial charge is 0.141 e. The van der Waals surface area contributed by atoms with Crippen LogP contribution in [0, 0.1) is 18.6 Å². The second-order valence-corrected chi connectivity index (χ2v) is 4.25. The topological polar surface area (TPSA) is 12.9 Å². The number of benzene rings is 1. The quantitative estimate of drug-likeness (QED) is 0.753. The van der Waals surface area contributed by atoms with Gasteiger partial charge in [-0.05, 0) is 54.7 Å². The summed E-state index contributed by atoms with van der Waals surface area (Å²) in [4.78, 5) is 4.12. The average molecular weight is 243 g/mol. The van der Waals surface area contributed by atoms with Crippen LogP contribution in [0.15, 0.2) is 30.3 Å². The summed E-state index contributed by atoms with van der Waals surface area (Å²) in [6, 6.07) is 7.77. The van der Waals surface area contributed by atoms with Gasteiger partial charge in [-0.15, -0.1) is 0 Å². The number of rotatable bonds is 3. The maximum atomic E-state index is 13.6. The third kappa shape index (κ3) is 2.94. The Morgan fingerprint density at radius 1 is 1.11 bits per heavy atom. The number of aryl methyl sites for hydroxylation is 3. The first kappa shape index (κ1) is 12.7. The molecule has 0 atom stereocenters. The predicted octanol–water partition coefficient (Wildman–Crippen LogP) is 2.25. The molecule has 1 nitrogen and oxygen atoms in total. The summed E-state index contributed by atoms with van der Waals surface area (Å²) < 4.78 is 26.9. The van der Waals surface area contributed by atoms with Gasteiger partial charge in [-0.3, -0.25) is 4.98 Å². The van der Waals surface area contributed by atoms with Crippen molar-refractivity contribution in [2.24, 2.45) is 0 Å². The van der Waals surface area contributed by atoms with Crippen LogP contribution in [0.4, 0.5) is 8.78 Å². The van der Waals surface area contributed by atoms with Crippen molar-refractivity contribution in [1.29, 1.82) is 0 Å². The Morgan fingerprint density at radius 2 is 1.89 bits per heavy atom. The van der Waals surface area contributed by atoms with Crippen LogP contribution < -0.4 is 5.59 Å². The lowest BCUT2D eigenvalue weighted by Crippen LogP contribution is -2.10. The Bertz CT molecular complexity index is 570. The molecule has 4 heteroatoms. The molecule has 0 saturated heterocycles. The highest BCUT2D eigenvalue weighted by Gasteiger charge is 2.07. The Labute approximate surface area is 106 Å². The number of nitrogens with zero attached hydrogens (tertiary/aromatic N) is 1. The van der Waals surface area contributed by atoms with E-state index in [0.29, 0.717) is 29.6 Å². The SMILES string of the molecule is [B]c1cccc(CCc2cc(F)c(C)cc2F)n1. The summed E-state index contributed by atoms with van der Waals surface area (Å²) in [7, 11) is 5.56. The molecule has 2 rings (SSSR count). The summed E-state index contributed by atoms with van der Waals surface area (Å²) in [6.45, 7) is 1.54. The van der Waals surface area contributed by atoms with Crippen LogP contribution in [-0.2, 0) is 12.8 Å². The third-order valence-electron chi connectivity index (χ3n) is 2.81. The van der Waals surface area contributed by atoms with E-state index >= 15 is 0 Å². The van der Waals surface area contributed by atoms with Gasteiger partial charge < -0.3 is 0 Å². The average Bonchev–Trinajstić information content (AvgIpc) is 2.32. The van der Waals surface area contributed by atoms with Gasteiger partial charge in [0.2, 0.25) is 0 Å². The van der Waals surface area contributed by atoms with E-state index in [4.69, 9.17) is 7.85 Å². The zero-order valence-corrected chi connectivity index (χ0v) is 10.1. The van der Waals surface area contributed by atoms with Gasteiger partial charge in [-0.1, -0.05) is 12.1 Å². The first-order valence-electron chi connectivity index (χ1n) is 5.72. The standard InChI is InChI=1S/C14H12BF2N/c1-9-7-13(17)10(8-12(9)16)5-6-11-3-2-4-14(15)18-11/h2-4,7-8H,5-6H2,1H3. The zero-order chi connectivity index (χ0) is 13.1. The summed E-state index contributed by atoms with van der Waals surface area (Å²) in [5.41, 5.74) is 1.89. The van der Waals surface area contributed by atoms with Gasteiger partial charge in [0.25, 0.3) is 0 Å². The van der Waals surface area contributed by atoms with Crippen molar-refractivity contribution in [1.82, 2.24) is 4.98 Å². The fourth-order valence-corrected chi connectivity index (χ4v) is 1.78. The lowest BCUT2D eigenvalue weighted by Gasteiger charge is -2.06. The van der Waals surface area contributed by atoms with Crippen LogP contribution >= 0.6 is 0 Å². The van der Waals surface area contributed by atoms with Gasteiger partial charge in [0.15, 0.2) is 0 Å². The largest absolute Gasteiger partial charge is 0.269 e. The molecule has 90 valence electrons. The van der Waals surface area contributed by atoms with E-state index in [1.54, 1.807) is 19.1 Å². The molecule has 2 aromatic rings. The monoisotopic (exact) mass is 243 g/mol. The van der Waals surface area contributed by atoms with E-state index in [0.717, 1.165) is 5.69 Å². The molecule has 1 heterocycles. The van der Waals surface area contributed by atoms with Crippen molar-refractivity contribution in [2.75, 3.05) is 0 Å². The maximum absolute atomic E-state index is 13.6. The Hall–Kier alpha value is -1.71. The van der Waals surface area contributed by atoms with Gasteiger partial charge in [0.1, 0.15) is 19.5 Å². The van der Waals surface area contributed by atoms with Crippen LogP contribution in [0.25, 0.3) is 0 Å². The van der Waals surface area contributed by atoms with E-state index in [2.05, 4.69) is 4.98 Å². The number of hydrogen-bond acceptors (Lipinski definition) is 1. The van der Waals surface area contributed by atoms with Crippen LogP contribution in [0.1, 0.15) is 16.8 Å². The minimum absolute atomic E-state index is 0.318. The Kier molecular flexibility index (Phi) is 3.75. The van der Waals surface area contributed by atoms with E-state index in [1.165, 1.54) is 12.1 Å². The predicted molar refractivity (Wildman–Crippen MR) is 68.1 cm³/mol. The third-order valence-corrected chi connectivity index (χ3v) is 2.81. The molecule has 1 aromatic heterocycles. The Balaban J connectivity index is 2.13. The van der Waals surface area contributed by atoms with Crippen LogP contribution in [0.2, 0.25) is 0 Å². The lowest BCUT2D eigenvalue weighted by molar-refractivity contribution is 0.577. The zero-order valence-electron chi connectivity index (χ0n) is 10.1. The van der Waals surface area contributed by atoms with E-state index in [-0.39, 0.29) is 11.6 Å². The maximum Gasteiger partial charge on any atom is 0.141 e. The van der Waals surface area contributed by atoms with Crippen LogP contribution in [0.3, 0.4) is 0 Å². The van der Waals surface area contributed by atoms with Crippen molar-refractivity contribution in [2.45, 2.75) is 19.8 Å². The lowest BCUT2D eigenvalue weighted by atomic mass is 10.0. The highest BCUT2D eigenvalue weighted by molar-refractivity contribution is 6.30. The molecule has 0 fully saturated rings. The van der Waals surface area contributed by atoms with Crippen LogP contribution in [-0.4, -0.2) is 12.8 Å². The highest BCUT2D eigenvalue weighted by atomic mass is 19.1. The second-order valence-electron chi connectivity index (χ2n) is 4.25. The molecule has 2 radical (unpaired) electrons. The molecule has 0 aliphatic heterocycles. The number of hydrogen-bond donors (Lipinski definition) is 0. The normalized spacial score (nSPS) is 10.6. The molecule has 18 heavy (non-hydrogen) atoms. The summed E-state index contributed by atoms with van der Waals surface area (Å²) >= 11 is 0. The van der Waals surface area contributed by atoms with Gasteiger partial charge in [0, 0.05) is 5.69 Å². The minimum Gasteiger partial charge on any atom is -0.269 e. The van der Waals surface area contributed by atoms with Gasteiger partial charge >= 0.3 is 0 Å². The molecule has 1 aromatic carbocycles.